The van der Waals surface area contributed by atoms with Crippen LogP contribution in [0.3, 0.4) is 0 Å². The molecule has 1 aromatic heterocycles. The van der Waals surface area contributed by atoms with Gasteiger partial charge in [-0.15, -0.1) is 0 Å². The second-order valence-corrected chi connectivity index (χ2v) is 4.91. The maximum Gasteiger partial charge on any atom is 0.155 e. The summed E-state index contributed by atoms with van der Waals surface area (Å²) in [6.07, 6.45) is 4.64. The van der Waals surface area contributed by atoms with E-state index in [-0.39, 0.29) is 5.75 Å². The Morgan fingerprint density at radius 1 is 1.29 bits per heavy atom. The minimum Gasteiger partial charge on any atom is -0.464 e. The first-order valence-corrected chi connectivity index (χ1v) is 5.89. The number of hydrogen-bond acceptors (Lipinski definition) is 3. The minimum absolute atomic E-state index is 0.0517. The summed E-state index contributed by atoms with van der Waals surface area (Å²) in [7, 11) is -3.24. The molecule has 0 N–H and O–H groups in total. The van der Waals surface area contributed by atoms with Crippen LogP contribution in [0.4, 0.5) is 0 Å². The Kier molecular flexibility index (Phi) is 2.07. The molecule has 0 aliphatic heterocycles. The van der Waals surface area contributed by atoms with Gasteiger partial charge >= 0.3 is 0 Å². The van der Waals surface area contributed by atoms with Crippen molar-refractivity contribution in [2.24, 2.45) is 0 Å². The highest BCUT2D eigenvalue weighted by atomic mass is 32.2. The molecule has 1 aromatic carbocycles. The monoisotopic (exact) mass is 209 g/mol. The highest BCUT2D eigenvalue weighted by Crippen LogP contribution is 2.21. The number of rotatable bonds is 2. The molecule has 0 amide bonds. The summed E-state index contributed by atoms with van der Waals surface area (Å²) < 4.78 is 27.2. The molecule has 0 unspecified atom stereocenters. The van der Waals surface area contributed by atoms with E-state index in [9.17, 15) is 8.42 Å². The van der Waals surface area contributed by atoms with Crippen LogP contribution in [0, 0.1) is 6.26 Å². The molecular formula is C10H9O3S. The van der Waals surface area contributed by atoms with Gasteiger partial charge in [-0.1, -0.05) is 12.1 Å². The lowest BCUT2D eigenvalue weighted by Gasteiger charge is -1.99. The highest BCUT2D eigenvalue weighted by molar-refractivity contribution is 7.91. The lowest BCUT2D eigenvalue weighted by atomic mass is 10.1. The van der Waals surface area contributed by atoms with Gasteiger partial charge < -0.3 is 4.42 Å². The number of hydrogen-bond donors (Lipinski definition) is 0. The van der Waals surface area contributed by atoms with Crippen molar-refractivity contribution in [1.82, 2.24) is 0 Å². The van der Waals surface area contributed by atoms with E-state index in [2.05, 4.69) is 6.26 Å². The van der Waals surface area contributed by atoms with Gasteiger partial charge in [-0.05, 0) is 17.7 Å². The lowest BCUT2D eigenvalue weighted by Crippen LogP contribution is -1.98. The molecule has 0 aliphatic carbocycles. The first-order chi connectivity index (χ1) is 6.56. The molecule has 14 heavy (non-hydrogen) atoms. The van der Waals surface area contributed by atoms with Crippen LogP contribution in [-0.4, -0.2) is 8.42 Å². The standard InChI is InChI=1S/C10H9O3S/c1-14(11,12)7-8-3-2-4-10-9(8)5-6-13-10/h2-6H,1,7H2. The predicted octanol–water partition coefficient (Wildman–Crippen LogP) is 2.14. The van der Waals surface area contributed by atoms with Gasteiger partial charge in [-0.2, -0.15) is 0 Å². The Labute approximate surface area is 82.3 Å². The van der Waals surface area contributed by atoms with Gasteiger partial charge in [0.05, 0.1) is 18.3 Å². The Hall–Kier alpha value is -1.29. The fourth-order valence-electron chi connectivity index (χ4n) is 1.42. The van der Waals surface area contributed by atoms with Gasteiger partial charge in [0.25, 0.3) is 0 Å². The molecule has 2 rings (SSSR count). The van der Waals surface area contributed by atoms with Crippen LogP contribution < -0.4 is 0 Å². The Balaban J connectivity index is 2.57. The smallest absolute Gasteiger partial charge is 0.155 e. The Morgan fingerprint density at radius 2 is 2.07 bits per heavy atom. The average Bonchev–Trinajstić information content (AvgIpc) is 2.49. The molecular weight excluding hydrogens is 200 g/mol. The summed E-state index contributed by atoms with van der Waals surface area (Å²) in [5.41, 5.74) is 1.43. The van der Waals surface area contributed by atoms with Crippen LogP contribution in [0.5, 0.6) is 0 Å². The van der Waals surface area contributed by atoms with Crippen molar-refractivity contribution >= 4 is 20.8 Å². The van der Waals surface area contributed by atoms with Crippen LogP contribution in [0.25, 0.3) is 11.0 Å². The molecule has 3 nitrogen and oxygen atoms in total. The summed E-state index contributed by atoms with van der Waals surface area (Å²) in [6.45, 7) is 0. The number of benzene rings is 1. The lowest BCUT2D eigenvalue weighted by molar-refractivity contribution is 0.603. The van der Waals surface area contributed by atoms with Crippen molar-refractivity contribution in [1.29, 1.82) is 0 Å². The molecule has 0 saturated carbocycles. The zero-order valence-electron chi connectivity index (χ0n) is 7.43. The molecule has 1 radical (unpaired) electrons. The third kappa shape index (κ3) is 1.80. The van der Waals surface area contributed by atoms with Gasteiger partial charge in [-0.25, -0.2) is 8.42 Å². The number of sulfone groups is 1. The third-order valence-electron chi connectivity index (χ3n) is 1.96. The summed E-state index contributed by atoms with van der Waals surface area (Å²) in [6, 6.07) is 7.09. The number of furan rings is 1. The van der Waals surface area contributed by atoms with E-state index < -0.39 is 9.84 Å². The van der Waals surface area contributed by atoms with E-state index >= 15 is 0 Å². The summed E-state index contributed by atoms with van der Waals surface area (Å²) in [5.74, 6) is -0.0517. The van der Waals surface area contributed by atoms with Gasteiger partial charge in [0.2, 0.25) is 0 Å². The van der Waals surface area contributed by atoms with E-state index in [1.807, 2.05) is 0 Å². The van der Waals surface area contributed by atoms with E-state index in [1.165, 1.54) is 0 Å². The fraction of sp³-hybridized carbons (Fsp3) is 0.100. The Morgan fingerprint density at radius 3 is 2.79 bits per heavy atom. The molecule has 0 aliphatic rings. The normalized spacial score (nSPS) is 12.1. The molecule has 0 bridgehead atoms. The largest absolute Gasteiger partial charge is 0.464 e. The van der Waals surface area contributed by atoms with Crippen molar-refractivity contribution < 1.29 is 12.8 Å². The summed E-state index contributed by atoms with van der Waals surface area (Å²) in [4.78, 5) is 0. The molecule has 2 aromatic rings. The van der Waals surface area contributed by atoms with Gasteiger partial charge in [-0.3, -0.25) is 0 Å². The molecule has 4 heteroatoms. The van der Waals surface area contributed by atoms with Gasteiger partial charge in [0.15, 0.2) is 9.84 Å². The molecule has 1 heterocycles. The molecule has 0 spiro atoms. The van der Waals surface area contributed by atoms with Gasteiger partial charge in [0, 0.05) is 5.39 Å². The highest BCUT2D eigenvalue weighted by Gasteiger charge is 2.09. The molecule has 0 fully saturated rings. The zero-order chi connectivity index (χ0) is 10.2. The van der Waals surface area contributed by atoms with Crippen molar-refractivity contribution in [3.63, 3.8) is 0 Å². The zero-order valence-corrected chi connectivity index (χ0v) is 8.25. The van der Waals surface area contributed by atoms with Crippen molar-refractivity contribution in [3.05, 3.63) is 42.3 Å². The third-order valence-corrected chi connectivity index (χ3v) is 2.71. The second-order valence-electron chi connectivity index (χ2n) is 3.14. The van der Waals surface area contributed by atoms with E-state index in [0.717, 1.165) is 10.9 Å². The Bertz CT molecular complexity index is 552. The van der Waals surface area contributed by atoms with E-state index in [0.29, 0.717) is 5.58 Å². The fourth-order valence-corrected chi connectivity index (χ4v) is 2.15. The maximum atomic E-state index is 11.0. The summed E-state index contributed by atoms with van der Waals surface area (Å²) in [5, 5.41) is 0.833. The minimum atomic E-state index is -3.24. The quantitative estimate of drug-likeness (QED) is 0.761. The van der Waals surface area contributed by atoms with Crippen LogP contribution in [0.1, 0.15) is 5.56 Å². The van der Waals surface area contributed by atoms with Crippen LogP contribution in [-0.2, 0) is 15.6 Å². The molecule has 0 atom stereocenters. The summed E-state index contributed by atoms with van der Waals surface area (Å²) >= 11 is 0. The van der Waals surface area contributed by atoms with Crippen molar-refractivity contribution in [3.8, 4) is 0 Å². The maximum absolute atomic E-state index is 11.0. The van der Waals surface area contributed by atoms with Crippen LogP contribution in [0.15, 0.2) is 34.9 Å². The first-order valence-electron chi connectivity index (χ1n) is 4.07. The second kappa shape index (κ2) is 3.13. The first kappa shape index (κ1) is 9.27. The predicted molar refractivity (Wildman–Crippen MR) is 54.2 cm³/mol. The number of fused-ring (bicyclic) bond motifs is 1. The SMILES string of the molecule is [CH2]S(=O)(=O)Cc1cccc2occc12. The van der Waals surface area contributed by atoms with Crippen LogP contribution in [0.2, 0.25) is 0 Å². The molecule has 0 saturated heterocycles. The molecule has 73 valence electrons. The topological polar surface area (TPSA) is 47.3 Å². The van der Waals surface area contributed by atoms with Crippen molar-refractivity contribution in [2.75, 3.05) is 0 Å². The van der Waals surface area contributed by atoms with E-state index in [1.54, 1.807) is 30.5 Å². The van der Waals surface area contributed by atoms with Crippen molar-refractivity contribution in [2.45, 2.75) is 5.75 Å². The van der Waals surface area contributed by atoms with Crippen LogP contribution >= 0.6 is 0 Å². The van der Waals surface area contributed by atoms with Gasteiger partial charge in [0.1, 0.15) is 5.58 Å². The average molecular weight is 209 g/mol. The van der Waals surface area contributed by atoms with E-state index in [4.69, 9.17) is 4.42 Å².